The van der Waals surface area contributed by atoms with Crippen LogP contribution in [-0.2, 0) is 47.7 Å². The molecule has 52 heavy (non-hydrogen) atoms. The van der Waals surface area contributed by atoms with Crippen LogP contribution in [0.25, 0.3) is 0 Å². The Morgan fingerprint density at radius 3 is 1.31 bits per heavy atom. The van der Waals surface area contributed by atoms with E-state index in [1.165, 1.54) is 64.2 Å². The van der Waals surface area contributed by atoms with Crippen molar-refractivity contribution >= 4 is 29.7 Å². The highest BCUT2D eigenvalue weighted by Gasteiger charge is 2.15. The van der Waals surface area contributed by atoms with E-state index < -0.39 is 5.97 Å². The molecule has 0 atom stereocenters. The van der Waals surface area contributed by atoms with E-state index in [-0.39, 0.29) is 75.5 Å². The van der Waals surface area contributed by atoms with Gasteiger partial charge in [0, 0.05) is 38.9 Å². The van der Waals surface area contributed by atoms with Gasteiger partial charge in [-0.05, 0) is 40.0 Å². The van der Waals surface area contributed by atoms with Gasteiger partial charge in [-0.15, -0.1) is 0 Å². The lowest BCUT2D eigenvalue weighted by Gasteiger charge is -2.19. The first kappa shape index (κ1) is 49.2. The molecule has 0 aromatic heterocycles. The summed E-state index contributed by atoms with van der Waals surface area (Å²) in [4.78, 5) is 57.7. The average Bonchev–Trinajstić information content (AvgIpc) is 3.07. The van der Waals surface area contributed by atoms with Crippen molar-refractivity contribution < 1.29 is 52.8 Å². The molecular weight excluding hydrogens is 674 g/mol. The van der Waals surface area contributed by atoms with Crippen LogP contribution in [0.1, 0.15) is 136 Å². The lowest BCUT2D eigenvalue weighted by atomic mass is 10.0. The zero-order valence-corrected chi connectivity index (χ0v) is 32.5. The lowest BCUT2D eigenvalue weighted by molar-refractivity contribution is -0.155. The molecule has 0 unspecified atom stereocenters. The third kappa shape index (κ3) is 40.0. The first-order chi connectivity index (χ1) is 25.0. The molecule has 0 aromatic rings. The number of aliphatic carboxylic acids is 1. The molecule has 0 bridgehead atoms. The highest BCUT2D eigenvalue weighted by molar-refractivity contribution is 5.77. The molecule has 0 saturated heterocycles. The molecule has 0 radical (unpaired) electrons. The Kier molecular flexibility index (Phi) is 33.3. The van der Waals surface area contributed by atoms with Crippen molar-refractivity contribution in [3.8, 4) is 0 Å². The Morgan fingerprint density at radius 2 is 0.827 bits per heavy atom. The van der Waals surface area contributed by atoms with Gasteiger partial charge in [0.2, 0.25) is 17.7 Å². The van der Waals surface area contributed by atoms with E-state index in [1.807, 2.05) is 20.8 Å². The van der Waals surface area contributed by atoms with Crippen molar-refractivity contribution in [2.24, 2.45) is 0 Å². The minimum Gasteiger partial charge on any atom is -0.480 e. The maximum Gasteiger partial charge on any atom is 0.329 e. The highest BCUT2D eigenvalue weighted by atomic mass is 16.6. The molecule has 4 N–H and O–H groups in total. The van der Waals surface area contributed by atoms with Crippen LogP contribution in [0.3, 0.4) is 0 Å². The normalized spacial score (nSPS) is 11.3. The molecule has 0 heterocycles. The summed E-state index contributed by atoms with van der Waals surface area (Å²) in [5.74, 6) is -1.46. The number of nitrogens with one attached hydrogen (secondary N) is 3. The molecule has 0 aromatic carbocycles. The molecule has 0 saturated carbocycles. The van der Waals surface area contributed by atoms with Gasteiger partial charge in [-0.25, -0.2) is 4.79 Å². The molecule has 304 valence electrons. The van der Waals surface area contributed by atoms with Gasteiger partial charge in [-0.3, -0.25) is 19.2 Å². The average molecular weight is 746 g/mol. The van der Waals surface area contributed by atoms with Crippen LogP contribution >= 0.6 is 0 Å². The second kappa shape index (κ2) is 35.2. The fraction of sp³-hybridized carbons (Fsp3) is 0.868. The van der Waals surface area contributed by atoms with E-state index >= 15 is 0 Å². The molecule has 0 aliphatic rings. The van der Waals surface area contributed by atoms with Crippen LogP contribution in [0.15, 0.2) is 0 Å². The van der Waals surface area contributed by atoms with Crippen LogP contribution in [-0.4, -0.2) is 113 Å². The Balaban J connectivity index is 3.36. The monoisotopic (exact) mass is 746 g/mol. The lowest BCUT2D eigenvalue weighted by Crippen LogP contribution is -2.31. The van der Waals surface area contributed by atoms with Gasteiger partial charge in [-0.1, -0.05) is 77.0 Å². The molecule has 14 nitrogen and oxygen atoms in total. The number of hydrogen-bond acceptors (Lipinski definition) is 10. The first-order valence-electron chi connectivity index (χ1n) is 19.5. The number of carboxylic acid groups (broad SMARTS) is 1. The van der Waals surface area contributed by atoms with Crippen LogP contribution in [0.5, 0.6) is 0 Å². The van der Waals surface area contributed by atoms with Crippen LogP contribution in [0.4, 0.5) is 0 Å². The van der Waals surface area contributed by atoms with Gasteiger partial charge in [0.1, 0.15) is 18.8 Å². The summed E-state index contributed by atoms with van der Waals surface area (Å²) < 4.78 is 26.0. The SMILES string of the molecule is CC(C)(C)OC(=O)CCCCCCCCCCCCCCCCC(=O)NCCCC(=O)NCCOCCOCC(=O)NCCOCCOCC(=O)O. The predicted octanol–water partition coefficient (Wildman–Crippen LogP) is 4.85. The highest BCUT2D eigenvalue weighted by Crippen LogP contribution is 2.15. The molecule has 0 fully saturated rings. The Hall–Kier alpha value is -2.81. The van der Waals surface area contributed by atoms with Crippen molar-refractivity contribution in [3.63, 3.8) is 0 Å². The number of carbonyl (C=O) groups excluding carboxylic acids is 4. The van der Waals surface area contributed by atoms with Crippen molar-refractivity contribution in [3.05, 3.63) is 0 Å². The van der Waals surface area contributed by atoms with Gasteiger partial charge in [0.05, 0.1) is 39.6 Å². The summed E-state index contributed by atoms with van der Waals surface area (Å²) >= 11 is 0. The number of carboxylic acids is 1. The van der Waals surface area contributed by atoms with E-state index in [9.17, 15) is 24.0 Å². The topological polar surface area (TPSA) is 188 Å². The quantitative estimate of drug-likeness (QED) is 0.0503. The smallest absolute Gasteiger partial charge is 0.329 e. The van der Waals surface area contributed by atoms with Crippen molar-refractivity contribution in [2.75, 3.05) is 72.5 Å². The van der Waals surface area contributed by atoms with Crippen molar-refractivity contribution in [1.29, 1.82) is 0 Å². The summed E-state index contributed by atoms with van der Waals surface area (Å²) in [6, 6.07) is 0. The van der Waals surface area contributed by atoms with Gasteiger partial charge in [-0.2, -0.15) is 0 Å². The van der Waals surface area contributed by atoms with Gasteiger partial charge in [0.25, 0.3) is 0 Å². The number of unbranched alkanes of at least 4 members (excludes halogenated alkanes) is 13. The number of hydrogen-bond donors (Lipinski definition) is 4. The van der Waals surface area contributed by atoms with Gasteiger partial charge >= 0.3 is 11.9 Å². The Labute approximate surface area is 312 Å². The number of esters is 1. The third-order valence-electron chi connectivity index (χ3n) is 7.70. The van der Waals surface area contributed by atoms with Crippen molar-refractivity contribution in [2.45, 2.75) is 142 Å². The van der Waals surface area contributed by atoms with Gasteiger partial charge < -0.3 is 44.7 Å². The second-order valence-corrected chi connectivity index (χ2v) is 13.9. The summed E-state index contributed by atoms with van der Waals surface area (Å²) in [7, 11) is 0. The number of carbonyl (C=O) groups is 5. The zero-order valence-electron chi connectivity index (χ0n) is 32.5. The zero-order chi connectivity index (χ0) is 38.5. The number of amides is 3. The Bertz CT molecular complexity index is 928. The molecule has 3 amide bonds. The van der Waals surface area contributed by atoms with Crippen LogP contribution in [0.2, 0.25) is 0 Å². The maximum atomic E-state index is 12.1. The molecule has 0 rings (SSSR count). The molecule has 0 spiro atoms. The summed E-state index contributed by atoms with van der Waals surface area (Å²) in [6.45, 7) is 7.93. The molecule has 14 heteroatoms. The fourth-order valence-electron chi connectivity index (χ4n) is 5.06. The summed E-state index contributed by atoms with van der Waals surface area (Å²) in [5, 5.41) is 16.8. The van der Waals surface area contributed by atoms with E-state index in [2.05, 4.69) is 16.0 Å². The minimum atomic E-state index is -1.04. The summed E-state index contributed by atoms with van der Waals surface area (Å²) in [6.07, 6.45) is 18.5. The van der Waals surface area contributed by atoms with E-state index in [0.29, 0.717) is 51.9 Å². The third-order valence-corrected chi connectivity index (χ3v) is 7.70. The van der Waals surface area contributed by atoms with E-state index in [4.69, 9.17) is 28.8 Å². The largest absolute Gasteiger partial charge is 0.480 e. The molecule has 0 aliphatic carbocycles. The second-order valence-electron chi connectivity index (χ2n) is 13.9. The van der Waals surface area contributed by atoms with Crippen molar-refractivity contribution in [1.82, 2.24) is 16.0 Å². The summed E-state index contributed by atoms with van der Waals surface area (Å²) in [5.41, 5.74) is -0.390. The molecular formula is C38H71N3O11. The van der Waals surface area contributed by atoms with Gasteiger partial charge in [0.15, 0.2) is 0 Å². The fourth-order valence-corrected chi connectivity index (χ4v) is 5.06. The minimum absolute atomic E-state index is 0.0443. The van der Waals surface area contributed by atoms with E-state index in [0.717, 1.165) is 25.7 Å². The maximum absolute atomic E-state index is 12.1. The predicted molar refractivity (Wildman–Crippen MR) is 199 cm³/mol. The first-order valence-corrected chi connectivity index (χ1v) is 19.5. The Morgan fingerprint density at radius 1 is 0.442 bits per heavy atom. The standard InChI is InChI=1S/C38H71N3O11/c1-38(2,3)52-37(47)21-17-15-13-11-9-7-5-4-6-8-10-12-14-16-19-33(42)39-22-18-20-34(43)40-23-25-48-27-29-50-31-35(44)41-24-26-49-28-30-51-32-36(45)46/h4-32H2,1-3H3,(H,39,42)(H,40,43)(H,41,44)(H,45,46). The number of rotatable bonds is 37. The number of ether oxygens (including phenoxy) is 5. The molecule has 0 aliphatic heterocycles. The van der Waals surface area contributed by atoms with E-state index in [1.54, 1.807) is 0 Å². The van der Waals surface area contributed by atoms with Crippen LogP contribution in [0, 0.1) is 0 Å². The van der Waals surface area contributed by atoms with Crippen LogP contribution < -0.4 is 16.0 Å².